The van der Waals surface area contributed by atoms with Crippen molar-refractivity contribution in [2.24, 2.45) is 0 Å². The van der Waals surface area contributed by atoms with Crippen LogP contribution in [-0.4, -0.2) is 42.6 Å². The van der Waals surface area contributed by atoms with Crippen molar-refractivity contribution < 1.29 is 23.9 Å². The second kappa shape index (κ2) is 7.59. The van der Waals surface area contributed by atoms with E-state index in [2.05, 4.69) is 10.6 Å². The van der Waals surface area contributed by atoms with Crippen molar-refractivity contribution in [2.75, 3.05) is 19.9 Å². The third kappa shape index (κ3) is 3.62. The highest BCUT2D eigenvalue weighted by Crippen LogP contribution is 2.32. The summed E-state index contributed by atoms with van der Waals surface area (Å²) >= 11 is 0. The average molecular weight is 381 g/mol. The highest BCUT2D eigenvalue weighted by molar-refractivity contribution is 6.02. The van der Waals surface area contributed by atoms with E-state index in [0.29, 0.717) is 29.8 Å². The van der Waals surface area contributed by atoms with E-state index < -0.39 is 6.03 Å². The molecule has 1 fully saturated rings. The summed E-state index contributed by atoms with van der Waals surface area (Å²) in [4.78, 5) is 37.3. The van der Waals surface area contributed by atoms with Gasteiger partial charge < -0.3 is 20.1 Å². The molecule has 2 N–H and O–H groups in total. The molecule has 0 atom stereocenters. The fourth-order valence-electron chi connectivity index (χ4n) is 3.18. The number of nitrogens with one attached hydrogen (secondary N) is 2. The van der Waals surface area contributed by atoms with E-state index in [1.807, 2.05) is 18.2 Å². The quantitative estimate of drug-likeness (QED) is 0.738. The molecule has 1 saturated heterocycles. The van der Waals surface area contributed by atoms with Crippen LogP contribution in [0, 0.1) is 0 Å². The number of amides is 4. The second-order valence-corrected chi connectivity index (χ2v) is 6.49. The molecule has 0 radical (unpaired) electrons. The molecular weight excluding hydrogens is 362 g/mol. The van der Waals surface area contributed by atoms with Gasteiger partial charge in [-0.15, -0.1) is 0 Å². The van der Waals surface area contributed by atoms with Crippen molar-refractivity contribution in [2.45, 2.75) is 13.0 Å². The molecule has 0 aromatic heterocycles. The Morgan fingerprint density at radius 2 is 1.93 bits per heavy atom. The van der Waals surface area contributed by atoms with Crippen molar-refractivity contribution in [1.29, 1.82) is 0 Å². The lowest BCUT2D eigenvalue weighted by atomic mass is 10.1. The maximum atomic E-state index is 12.6. The van der Waals surface area contributed by atoms with Gasteiger partial charge in [0, 0.05) is 12.1 Å². The van der Waals surface area contributed by atoms with Crippen LogP contribution in [-0.2, 0) is 17.8 Å². The monoisotopic (exact) mass is 381 g/mol. The molecule has 0 saturated carbocycles. The smallest absolute Gasteiger partial charge is 0.324 e. The van der Waals surface area contributed by atoms with E-state index in [9.17, 15) is 14.4 Å². The molecular formula is C20H19N3O5. The summed E-state index contributed by atoms with van der Waals surface area (Å²) in [6.07, 6.45) is 0.636. The van der Waals surface area contributed by atoms with Gasteiger partial charge in [-0.05, 0) is 35.7 Å². The number of benzene rings is 2. The first-order chi connectivity index (χ1) is 13.6. The molecule has 0 unspecified atom stereocenters. The minimum atomic E-state index is -0.442. The van der Waals surface area contributed by atoms with E-state index in [4.69, 9.17) is 9.47 Å². The normalized spacial score (nSPS) is 14.9. The van der Waals surface area contributed by atoms with E-state index >= 15 is 0 Å². The first kappa shape index (κ1) is 17.8. The number of fused-ring (bicyclic) bond motifs is 1. The maximum Gasteiger partial charge on any atom is 0.324 e. The molecule has 0 spiro atoms. The van der Waals surface area contributed by atoms with Crippen LogP contribution in [0.2, 0.25) is 0 Å². The standard InChI is InChI=1S/C20H19N3O5/c24-18-10-22-20(26)23(18)11-14-3-1-2-4-15(14)19(25)21-8-7-13-5-6-16-17(9-13)28-12-27-16/h1-6,9H,7-8,10-12H2,(H,21,25)(H,22,26). The van der Waals surface area contributed by atoms with Crippen LogP contribution >= 0.6 is 0 Å². The molecule has 28 heavy (non-hydrogen) atoms. The van der Waals surface area contributed by atoms with E-state index in [1.54, 1.807) is 24.3 Å². The highest BCUT2D eigenvalue weighted by atomic mass is 16.7. The third-order valence-electron chi connectivity index (χ3n) is 4.66. The number of hydrogen-bond donors (Lipinski definition) is 2. The predicted octanol–water partition coefficient (Wildman–Crippen LogP) is 1.44. The van der Waals surface area contributed by atoms with E-state index in [0.717, 1.165) is 16.2 Å². The summed E-state index contributed by atoms with van der Waals surface area (Å²) in [5.74, 6) is 0.886. The van der Waals surface area contributed by atoms with Crippen LogP contribution in [0.3, 0.4) is 0 Å². The number of carbonyl (C=O) groups is 3. The Labute approximate surface area is 161 Å². The molecule has 0 bridgehead atoms. The molecule has 144 valence electrons. The molecule has 4 amide bonds. The second-order valence-electron chi connectivity index (χ2n) is 6.49. The van der Waals surface area contributed by atoms with Gasteiger partial charge in [0.25, 0.3) is 5.91 Å². The van der Waals surface area contributed by atoms with Crippen molar-refractivity contribution >= 4 is 17.8 Å². The van der Waals surface area contributed by atoms with E-state index in [1.165, 1.54) is 0 Å². The van der Waals surface area contributed by atoms with Gasteiger partial charge in [0.2, 0.25) is 12.7 Å². The van der Waals surface area contributed by atoms with E-state index in [-0.39, 0.29) is 31.7 Å². The number of carbonyl (C=O) groups excluding carboxylic acids is 3. The fourth-order valence-corrected chi connectivity index (χ4v) is 3.18. The molecule has 8 heteroatoms. The molecule has 2 aliphatic rings. The summed E-state index contributed by atoms with van der Waals surface area (Å²) in [7, 11) is 0. The van der Waals surface area contributed by atoms with Gasteiger partial charge in [-0.25, -0.2) is 4.79 Å². The molecule has 2 aromatic carbocycles. The minimum absolute atomic E-state index is 0.0112. The van der Waals surface area contributed by atoms with Gasteiger partial charge >= 0.3 is 6.03 Å². The number of imide groups is 1. The van der Waals surface area contributed by atoms with Gasteiger partial charge in [-0.3, -0.25) is 14.5 Å². The lowest BCUT2D eigenvalue weighted by Crippen LogP contribution is -2.32. The number of ether oxygens (including phenoxy) is 2. The van der Waals surface area contributed by atoms with Crippen LogP contribution in [0.1, 0.15) is 21.5 Å². The third-order valence-corrected chi connectivity index (χ3v) is 4.66. The number of rotatable bonds is 6. The van der Waals surface area contributed by atoms with Crippen LogP contribution in [0.5, 0.6) is 11.5 Å². The number of urea groups is 1. The van der Waals surface area contributed by atoms with Crippen molar-refractivity contribution in [1.82, 2.24) is 15.5 Å². The molecule has 0 aliphatic carbocycles. The molecule has 4 rings (SSSR count). The summed E-state index contributed by atoms with van der Waals surface area (Å²) in [6, 6.07) is 12.2. The minimum Gasteiger partial charge on any atom is -0.454 e. The predicted molar refractivity (Wildman–Crippen MR) is 99.0 cm³/mol. The number of hydrogen-bond acceptors (Lipinski definition) is 5. The van der Waals surface area contributed by atoms with Crippen LogP contribution in [0.4, 0.5) is 4.79 Å². The summed E-state index contributed by atoms with van der Waals surface area (Å²) in [6.45, 7) is 0.721. The zero-order chi connectivity index (χ0) is 19.5. The lowest BCUT2D eigenvalue weighted by Gasteiger charge is -2.15. The molecule has 2 aromatic rings. The lowest BCUT2D eigenvalue weighted by molar-refractivity contribution is -0.125. The Balaban J connectivity index is 1.38. The molecule has 2 aliphatic heterocycles. The maximum absolute atomic E-state index is 12.6. The van der Waals surface area contributed by atoms with Gasteiger partial charge in [0.15, 0.2) is 11.5 Å². The first-order valence-electron chi connectivity index (χ1n) is 8.94. The summed E-state index contributed by atoms with van der Waals surface area (Å²) in [5.41, 5.74) is 2.09. The number of nitrogens with zero attached hydrogens (tertiary/aromatic N) is 1. The summed E-state index contributed by atoms with van der Waals surface area (Å²) in [5, 5.41) is 5.36. The van der Waals surface area contributed by atoms with Crippen molar-refractivity contribution in [3.63, 3.8) is 0 Å². The summed E-state index contributed by atoms with van der Waals surface area (Å²) < 4.78 is 10.6. The Hall–Kier alpha value is -3.55. The molecule has 2 heterocycles. The Kier molecular flexibility index (Phi) is 4.84. The average Bonchev–Trinajstić information content (AvgIpc) is 3.29. The topological polar surface area (TPSA) is 97.0 Å². The van der Waals surface area contributed by atoms with Crippen molar-refractivity contribution in [3.8, 4) is 11.5 Å². The zero-order valence-electron chi connectivity index (χ0n) is 15.1. The SMILES string of the molecule is O=C(NCCc1ccc2c(c1)OCO2)c1ccccc1CN1C(=O)CNC1=O. The van der Waals surface area contributed by atoms with Crippen LogP contribution < -0.4 is 20.1 Å². The van der Waals surface area contributed by atoms with Crippen molar-refractivity contribution in [3.05, 3.63) is 59.2 Å². The fraction of sp³-hybridized carbons (Fsp3) is 0.250. The van der Waals surface area contributed by atoms with Crippen LogP contribution in [0.15, 0.2) is 42.5 Å². The Bertz CT molecular complexity index is 927. The zero-order valence-corrected chi connectivity index (χ0v) is 15.1. The van der Waals surface area contributed by atoms with Gasteiger partial charge in [0.05, 0.1) is 13.1 Å². The van der Waals surface area contributed by atoms with Gasteiger partial charge in [0.1, 0.15) is 0 Å². The van der Waals surface area contributed by atoms with Gasteiger partial charge in [-0.1, -0.05) is 24.3 Å². The largest absolute Gasteiger partial charge is 0.454 e. The molecule has 8 nitrogen and oxygen atoms in total. The highest BCUT2D eigenvalue weighted by Gasteiger charge is 2.29. The Morgan fingerprint density at radius 3 is 2.75 bits per heavy atom. The first-order valence-corrected chi connectivity index (χ1v) is 8.94. The Morgan fingerprint density at radius 1 is 1.11 bits per heavy atom. The van der Waals surface area contributed by atoms with Gasteiger partial charge in [-0.2, -0.15) is 0 Å². The van der Waals surface area contributed by atoms with Crippen LogP contribution in [0.25, 0.3) is 0 Å².